The van der Waals surface area contributed by atoms with Crippen LogP contribution in [0.2, 0.25) is 0 Å². The highest BCUT2D eigenvalue weighted by Gasteiger charge is 2.21. The van der Waals surface area contributed by atoms with Crippen LogP contribution >= 0.6 is 0 Å². The van der Waals surface area contributed by atoms with Gasteiger partial charge in [-0.3, -0.25) is 4.79 Å². The molecule has 1 fully saturated rings. The van der Waals surface area contributed by atoms with Crippen molar-refractivity contribution in [2.45, 2.75) is 38.5 Å². The van der Waals surface area contributed by atoms with Gasteiger partial charge in [-0.25, -0.2) is 9.78 Å². The van der Waals surface area contributed by atoms with E-state index in [4.69, 9.17) is 5.11 Å². The van der Waals surface area contributed by atoms with E-state index >= 15 is 0 Å². The first-order chi connectivity index (χ1) is 19.0. The van der Waals surface area contributed by atoms with Crippen LogP contribution in [0, 0.1) is 0 Å². The second kappa shape index (κ2) is 11.8. The van der Waals surface area contributed by atoms with Gasteiger partial charge in [0.25, 0.3) is 0 Å². The minimum absolute atomic E-state index is 0.140. The highest BCUT2D eigenvalue weighted by Crippen LogP contribution is 2.29. The third-order valence-corrected chi connectivity index (χ3v) is 7.46. The molecule has 0 spiro atoms. The number of hydrogen-bond donors (Lipinski definition) is 3. The molecule has 0 radical (unpaired) electrons. The number of aromatic nitrogens is 3. The van der Waals surface area contributed by atoms with Crippen molar-refractivity contribution < 1.29 is 15.0 Å². The van der Waals surface area contributed by atoms with Crippen molar-refractivity contribution in [2.75, 3.05) is 31.6 Å². The standard InChI is InChI=1S/C30H33N5O4/c1-2-20-4-10-24(11-5-20)35-19-26(29(38)39)27(37)25-18-31-30(33-28(25)35)32-23-8-6-21(7-9-23)22-12-15-34(16-13-22)14-3-17-36/h4-11,18-19,22,36H,2-3,12-17H2,1H3,(H,38,39)(H,31,32,33). The van der Waals surface area contributed by atoms with Crippen molar-refractivity contribution in [3.8, 4) is 5.69 Å². The summed E-state index contributed by atoms with van der Waals surface area (Å²) < 4.78 is 1.63. The van der Waals surface area contributed by atoms with Crippen LogP contribution < -0.4 is 10.7 Å². The molecule has 0 amide bonds. The number of fused-ring (bicyclic) bond motifs is 1. The molecule has 0 bridgehead atoms. The molecule has 5 rings (SSSR count). The normalized spacial score (nSPS) is 14.5. The number of aryl methyl sites for hydroxylation is 1. The zero-order valence-electron chi connectivity index (χ0n) is 22.0. The minimum atomic E-state index is -1.29. The van der Waals surface area contributed by atoms with Crippen LogP contribution in [0.15, 0.2) is 65.7 Å². The number of hydrogen-bond acceptors (Lipinski definition) is 7. The predicted molar refractivity (Wildman–Crippen MR) is 151 cm³/mol. The van der Waals surface area contributed by atoms with E-state index in [0.717, 1.165) is 56.6 Å². The molecule has 3 N–H and O–H groups in total. The Morgan fingerprint density at radius 2 is 1.79 bits per heavy atom. The molecule has 0 aliphatic carbocycles. The maximum Gasteiger partial charge on any atom is 0.341 e. The fourth-order valence-electron chi connectivity index (χ4n) is 5.16. The number of carboxylic acid groups (broad SMARTS) is 1. The SMILES string of the molecule is CCc1ccc(-n2cc(C(=O)O)c(=O)c3cnc(Nc4ccc(C5CCN(CCCO)CC5)cc4)nc32)cc1. The molecular weight excluding hydrogens is 494 g/mol. The zero-order chi connectivity index (χ0) is 27.4. The molecule has 39 heavy (non-hydrogen) atoms. The number of pyridine rings is 1. The Hall–Kier alpha value is -4.08. The Morgan fingerprint density at radius 3 is 2.44 bits per heavy atom. The average Bonchev–Trinajstić information content (AvgIpc) is 2.97. The van der Waals surface area contributed by atoms with Gasteiger partial charge < -0.3 is 25.0 Å². The third-order valence-electron chi connectivity index (χ3n) is 7.46. The van der Waals surface area contributed by atoms with Crippen LogP contribution in [0.3, 0.4) is 0 Å². The van der Waals surface area contributed by atoms with Crippen molar-refractivity contribution in [2.24, 2.45) is 0 Å². The number of aromatic carboxylic acids is 1. The first-order valence-corrected chi connectivity index (χ1v) is 13.4. The van der Waals surface area contributed by atoms with E-state index in [1.165, 1.54) is 18.0 Å². The molecule has 202 valence electrons. The lowest BCUT2D eigenvalue weighted by Gasteiger charge is -2.32. The number of rotatable bonds is 9. The van der Waals surface area contributed by atoms with Crippen molar-refractivity contribution in [1.82, 2.24) is 19.4 Å². The number of nitrogens with one attached hydrogen (secondary N) is 1. The number of anilines is 2. The van der Waals surface area contributed by atoms with Gasteiger partial charge in [-0.1, -0.05) is 31.2 Å². The first-order valence-electron chi connectivity index (χ1n) is 13.4. The first kappa shape index (κ1) is 26.5. The van der Waals surface area contributed by atoms with E-state index in [-0.39, 0.29) is 17.6 Å². The molecule has 9 nitrogen and oxygen atoms in total. The summed E-state index contributed by atoms with van der Waals surface area (Å²) in [6.45, 7) is 5.34. The lowest BCUT2D eigenvalue weighted by atomic mass is 9.89. The van der Waals surface area contributed by atoms with Gasteiger partial charge in [0.2, 0.25) is 11.4 Å². The molecule has 9 heteroatoms. The second-order valence-corrected chi connectivity index (χ2v) is 9.94. The summed E-state index contributed by atoms with van der Waals surface area (Å²) in [5.41, 5.74) is 3.36. The van der Waals surface area contributed by atoms with E-state index in [1.54, 1.807) is 4.57 Å². The van der Waals surface area contributed by atoms with Crippen LogP contribution in [0.1, 0.15) is 53.6 Å². The van der Waals surface area contributed by atoms with Gasteiger partial charge in [0, 0.05) is 36.9 Å². The van der Waals surface area contributed by atoms with Crippen LogP contribution in [0.4, 0.5) is 11.6 Å². The number of piperidine rings is 1. The number of likely N-dealkylation sites (tertiary alicyclic amines) is 1. The molecule has 0 unspecified atom stereocenters. The van der Waals surface area contributed by atoms with E-state index in [2.05, 4.69) is 39.2 Å². The molecule has 4 aromatic rings. The van der Waals surface area contributed by atoms with Gasteiger partial charge >= 0.3 is 5.97 Å². The number of nitrogens with zero attached hydrogens (tertiary/aromatic N) is 4. The second-order valence-electron chi connectivity index (χ2n) is 9.94. The van der Waals surface area contributed by atoms with Gasteiger partial charge in [0.05, 0.1) is 5.39 Å². The average molecular weight is 528 g/mol. The molecule has 1 aliphatic rings. The Labute approximate surface area is 226 Å². The predicted octanol–water partition coefficient (Wildman–Crippen LogP) is 4.35. The van der Waals surface area contributed by atoms with E-state index in [1.807, 2.05) is 36.4 Å². The minimum Gasteiger partial charge on any atom is -0.477 e. The third kappa shape index (κ3) is 5.84. The van der Waals surface area contributed by atoms with E-state index in [9.17, 15) is 14.7 Å². The summed E-state index contributed by atoms with van der Waals surface area (Å²) in [5, 5.41) is 22.0. The highest BCUT2D eigenvalue weighted by molar-refractivity contribution is 5.92. The molecule has 2 aromatic carbocycles. The summed E-state index contributed by atoms with van der Waals surface area (Å²) in [6, 6.07) is 16.0. The summed E-state index contributed by atoms with van der Waals surface area (Å²) >= 11 is 0. The zero-order valence-corrected chi connectivity index (χ0v) is 22.0. The Morgan fingerprint density at radius 1 is 1.08 bits per heavy atom. The largest absolute Gasteiger partial charge is 0.477 e. The lowest BCUT2D eigenvalue weighted by Crippen LogP contribution is -2.34. The quantitative estimate of drug-likeness (QED) is 0.294. The summed E-state index contributed by atoms with van der Waals surface area (Å²) in [7, 11) is 0. The fraction of sp³-hybridized carbons (Fsp3) is 0.333. The molecule has 3 heterocycles. The van der Waals surface area contributed by atoms with Crippen LogP contribution in [0.5, 0.6) is 0 Å². The Kier molecular flexibility index (Phi) is 7.99. The van der Waals surface area contributed by atoms with Crippen molar-refractivity contribution >= 4 is 28.6 Å². The molecule has 0 atom stereocenters. The summed E-state index contributed by atoms with van der Waals surface area (Å²) in [5.74, 6) is -0.467. The number of benzene rings is 2. The van der Waals surface area contributed by atoms with Crippen LogP contribution in [-0.2, 0) is 6.42 Å². The topological polar surface area (TPSA) is 121 Å². The van der Waals surface area contributed by atoms with Crippen molar-refractivity contribution in [1.29, 1.82) is 0 Å². The van der Waals surface area contributed by atoms with Gasteiger partial charge in [-0.2, -0.15) is 4.98 Å². The number of carbonyl (C=O) groups is 1. The summed E-state index contributed by atoms with van der Waals surface area (Å²) in [6.07, 6.45) is 6.61. The van der Waals surface area contributed by atoms with Crippen LogP contribution in [-0.4, -0.2) is 61.9 Å². The maximum atomic E-state index is 12.9. The molecule has 1 saturated heterocycles. The molecule has 1 aliphatic heterocycles. The van der Waals surface area contributed by atoms with E-state index < -0.39 is 11.4 Å². The smallest absolute Gasteiger partial charge is 0.341 e. The monoisotopic (exact) mass is 527 g/mol. The number of aliphatic hydroxyl groups is 1. The van der Waals surface area contributed by atoms with Gasteiger partial charge in [-0.05, 0) is 80.1 Å². The lowest BCUT2D eigenvalue weighted by molar-refractivity contribution is 0.0695. The maximum absolute atomic E-state index is 12.9. The number of carboxylic acids is 1. The Balaban J connectivity index is 1.39. The molecular formula is C30H33N5O4. The molecule has 2 aromatic heterocycles. The fourth-order valence-corrected chi connectivity index (χ4v) is 5.16. The molecule has 0 saturated carbocycles. The van der Waals surface area contributed by atoms with Gasteiger partial charge in [-0.15, -0.1) is 0 Å². The Bertz CT molecular complexity index is 1510. The van der Waals surface area contributed by atoms with E-state index in [0.29, 0.717) is 23.2 Å². The van der Waals surface area contributed by atoms with Crippen molar-refractivity contribution in [3.05, 3.63) is 87.8 Å². The van der Waals surface area contributed by atoms with Gasteiger partial charge in [0.15, 0.2) is 5.65 Å². The summed E-state index contributed by atoms with van der Waals surface area (Å²) in [4.78, 5) is 36.0. The van der Waals surface area contributed by atoms with Crippen molar-refractivity contribution in [3.63, 3.8) is 0 Å². The highest BCUT2D eigenvalue weighted by atomic mass is 16.4. The number of aliphatic hydroxyl groups excluding tert-OH is 1. The van der Waals surface area contributed by atoms with Gasteiger partial charge in [0.1, 0.15) is 5.56 Å². The van der Waals surface area contributed by atoms with Crippen LogP contribution in [0.25, 0.3) is 16.7 Å².